The molecule has 7 N–H and O–H groups in total. The van der Waals surface area contributed by atoms with Gasteiger partial charge < -0.3 is 31.3 Å². The van der Waals surface area contributed by atoms with Crippen LogP contribution in [-0.4, -0.2) is 59.6 Å². The van der Waals surface area contributed by atoms with Crippen molar-refractivity contribution in [1.29, 1.82) is 5.41 Å². The lowest BCUT2D eigenvalue weighted by Crippen LogP contribution is -2.29. The summed E-state index contributed by atoms with van der Waals surface area (Å²) in [6, 6.07) is 14.2. The van der Waals surface area contributed by atoms with E-state index in [1.54, 1.807) is 36.4 Å². The van der Waals surface area contributed by atoms with Gasteiger partial charge in [-0.05, 0) is 54.1 Å². The Morgan fingerprint density at radius 3 is 2.32 bits per heavy atom. The second-order valence-electron chi connectivity index (χ2n) is 6.97. The number of nitrogens with zero attached hydrogens (tertiary/aromatic N) is 2. The number of nitrogens with one attached hydrogen (secondary N) is 2. The summed E-state index contributed by atoms with van der Waals surface area (Å²) >= 11 is 0. The van der Waals surface area contributed by atoms with E-state index in [1.165, 1.54) is 0 Å². The van der Waals surface area contributed by atoms with Crippen LogP contribution < -0.4 is 16.0 Å². The molecule has 0 spiro atoms. The zero-order chi connectivity index (χ0) is 22.2. The number of hydrogen-bond donors (Lipinski definition) is 6. The molecule has 8 heteroatoms. The molecule has 0 heterocycles. The highest BCUT2D eigenvalue weighted by Crippen LogP contribution is 2.24. The number of aliphatic hydroxyl groups excluding tert-OH is 2. The highest BCUT2D eigenvalue weighted by Gasteiger charge is 2.16. The first-order valence-electron chi connectivity index (χ1n) is 9.97. The number of phenolic OH excluding ortho intramolecular Hbond substituents is 1. The number of aliphatic hydroxyl groups is 2. The van der Waals surface area contributed by atoms with Crippen LogP contribution in [0.1, 0.15) is 0 Å². The van der Waals surface area contributed by atoms with E-state index in [1.807, 2.05) is 29.2 Å². The van der Waals surface area contributed by atoms with E-state index >= 15 is 0 Å². The molecular weight excluding hydrogens is 394 g/mol. The highest BCUT2D eigenvalue weighted by molar-refractivity contribution is 6.24. The molecule has 1 aliphatic carbocycles. The van der Waals surface area contributed by atoms with E-state index in [9.17, 15) is 15.3 Å². The van der Waals surface area contributed by atoms with Crippen molar-refractivity contribution in [3.8, 4) is 5.75 Å². The van der Waals surface area contributed by atoms with Gasteiger partial charge in [0.05, 0.1) is 36.0 Å². The third-order valence-corrected chi connectivity index (χ3v) is 4.77. The minimum Gasteiger partial charge on any atom is -0.508 e. The normalized spacial score (nSPS) is 14.9. The first-order chi connectivity index (χ1) is 15.0. The molecule has 8 nitrogen and oxygen atoms in total. The van der Waals surface area contributed by atoms with Crippen LogP contribution in [0.15, 0.2) is 76.9 Å². The van der Waals surface area contributed by atoms with Gasteiger partial charge in [0.1, 0.15) is 5.75 Å². The standard InChI is InChI=1S/C23H27N5O3/c24-15-16-12-21(25)23(27-18-2-1-3-20(31)13-18)14-22(16)26-17-4-6-19(7-5-17)28(8-10-29)9-11-30/h1-7,12-14,25,27,29-31H,8-11,15,24H2/b25-21?,26-22-. The van der Waals surface area contributed by atoms with Gasteiger partial charge in [-0.15, -0.1) is 0 Å². The Morgan fingerprint density at radius 1 is 1.00 bits per heavy atom. The Morgan fingerprint density at radius 2 is 1.71 bits per heavy atom. The van der Waals surface area contributed by atoms with Crippen LogP contribution in [0.3, 0.4) is 0 Å². The predicted molar refractivity (Wildman–Crippen MR) is 125 cm³/mol. The first-order valence-corrected chi connectivity index (χ1v) is 9.97. The van der Waals surface area contributed by atoms with Crippen molar-refractivity contribution in [3.05, 3.63) is 72.0 Å². The van der Waals surface area contributed by atoms with E-state index in [-0.39, 0.29) is 31.2 Å². The topological polar surface area (TPSA) is 138 Å². The number of anilines is 2. The Hall–Kier alpha value is -3.46. The SMILES string of the molecule is N=C1C=C(CN)/C(=N\c2ccc(N(CCO)CCO)cc2)C=C1Nc1cccc(O)c1. The zero-order valence-electron chi connectivity index (χ0n) is 17.1. The number of phenols is 1. The van der Waals surface area contributed by atoms with Gasteiger partial charge in [-0.25, -0.2) is 4.99 Å². The molecule has 162 valence electrons. The third kappa shape index (κ3) is 5.79. The van der Waals surface area contributed by atoms with Crippen molar-refractivity contribution < 1.29 is 15.3 Å². The second-order valence-corrected chi connectivity index (χ2v) is 6.97. The van der Waals surface area contributed by atoms with Crippen LogP contribution in [0.25, 0.3) is 0 Å². The van der Waals surface area contributed by atoms with E-state index in [0.29, 0.717) is 35.9 Å². The Bertz CT molecular complexity index is 1010. The fraction of sp³-hybridized carbons (Fsp3) is 0.217. The summed E-state index contributed by atoms with van der Waals surface area (Å²) < 4.78 is 0. The summed E-state index contributed by atoms with van der Waals surface area (Å²) in [5, 5.41) is 39.5. The molecule has 0 aromatic heterocycles. The minimum atomic E-state index is 0.000422. The van der Waals surface area contributed by atoms with E-state index in [4.69, 9.17) is 16.1 Å². The Labute approximate surface area is 181 Å². The van der Waals surface area contributed by atoms with Crippen LogP contribution in [0.5, 0.6) is 5.75 Å². The average Bonchev–Trinajstić information content (AvgIpc) is 2.76. The van der Waals surface area contributed by atoms with Crippen LogP contribution in [0.2, 0.25) is 0 Å². The molecule has 1 aliphatic rings. The van der Waals surface area contributed by atoms with Crippen LogP contribution in [0.4, 0.5) is 17.1 Å². The lowest BCUT2D eigenvalue weighted by molar-refractivity contribution is 0.281. The molecule has 0 bridgehead atoms. The second kappa shape index (κ2) is 10.5. The molecular formula is C23H27N5O3. The summed E-state index contributed by atoms with van der Waals surface area (Å²) in [6.07, 6.45) is 3.45. The van der Waals surface area contributed by atoms with Crippen molar-refractivity contribution in [2.75, 3.05) is 43.1 Å². The first kappa shape index (κ1) is 22.2. The van der Waals surface area contributed by atoms with Crippen molar-refractivity contribution in [3.63, 3.8) is 0 Å². The number of aliphatic imine (C=N–C) groups is 1. The molecule has 31 heavy (non-hydrogen) atoms. The number of rotatable bonds is 9. The summed E-state index contributed by atoms with van der Waals surface area (Å²) in [6.45, 7) is 1.11. The van der Waals surface area contributed by atoms with Gasteiger partial charge >= 0.3 is 0 Å². The van der Waals surface area contributed by atoms with Gasteiger partial charge in [-0.3, -0.25) is 5.41 Å². The van der Waals surface area contributed by atoms with Gasteiger partial charge in [-0.1, -0.05) is 6.07 Å². The van der Waals surface area contributed by atoms with E-state index in [0.717, 1.165) is 11.3 Å². The largest absolute Gasteiger partial charge is 0.508 e. The molecule has 0 fully saturated rings. The van der Waals surface area contributed by atoms with Crippen LogP contribution in [-0.2, 0) is 0 Å². The Balaban J connectivity index is 1.86. The van der Waals surface area contributed by atoms with Gasteiger partial charge in [0.25, 0.3) is 0 Å². The van der Waals surface area contributed by atoms with Crippen molar-refractivity contribution in [2.45, 2.75) is 0 Å². The molecule has 0 atom stereocenters. The smallest absolute Gasteiger partial charge is 0.117 e. The number of allylic oxidation sites excluding steroid dienone is 2. The van der Waals surface area contributed by atoms with Gasteiger partial charge in [0.15, 0.2) is 0 Å². The molecule has 2 aromatic rings. The number of nitrogens with two attached hydrogens (primary N) is 1. The highest BCUT2D eigenvalue weighted by atomic mass is 16.3. The fourth-order valence-corrected chi connectivity index (χ4v) is 3.23. The molecule has 0 saturated carbocycles. The molecule has 2 aromatic carbocycles. The zero-order valence-corrected chi connectivity index (χ0v) is 17.1. The average molecular weight is 422 g/mol. The maximum absolute atomic E-state index is 9.67. The number of aromatic hydroxyl groups is 1. The lowest BCUT2D eigenvalue weighted by atomic mass is 9.99. The molecule has 0 aliphatic heterocycles. The molecule has 0 unspecified atom stereocenters. The van der Waals surface area contributed by atoms with Crippen molar-refractivity contribution in [1.82, 2.24) is 0 Å². The predicted octanol–water partition coefficient (Wildman–Crippen LogP) is 2.17. The van der Waals surface area contributed by atoms with Crippen LogP contribution in [0, 0.1) is 5.41 Å². The summed E-state index contributed by atoms with van der Waals surface area (Å²) in [7, 11) is 0. The van der Waals surface area contributed by atoms with Crippen molar-refractivity contribution >= 4 is 28.5 Å². The van der Waals surface area contributed by atoms with Gasteiger partial charge in [-0.2, -0.15) is 0 Å². The summed E-state index contributed by atoms with van der Waals surface area (Å²) in [5.41, 5.74) is 10.4. The third-order valence-electron chi connectivity index (χ3n) is 4.77. The minimum absolute atomic E-state index is 0.000422. The van der Waals surface area contributed by atoms with Gasteiger partial charge in [0.2, 0.25) is 0 Å². The molecule has 3 rings (SSSR count). The molecule has 0 radical (unpaired) electrons. The summed E-state index contributed by atoms with van der Waals surface area (Å²) in [4.78, 5) is 6.59. The van der Waals surface area contributed by atoms with Gasteiger partial charge in [0, 0.05) is 37.1 Å². The summed E-state index contributed by atoms with van der Waals surface area (Å²) in [5.74, 6) is 0.136. The van der Waals surface area contributed by atoms with E-state index in [2.05, 4.69) is 5.32 Å². The van der Waals surface area contributed by atoms with Crippen molar-refractivity contribution in [2.24, 2.45) is 10.7 Å². The lowest BCUT2D eigenvalue weighted by Gasteiger charge is -2.23. The molecule has 0 amide bonds. The quantitative estimate of drug-likeness (QED) is 0.343. The number of benzene rings is 2. The molecule has 0 saturated heterocycles. The number of hydrogen-bond acceptors (Lipinski definition) is 8. The van der Waals surface area contributed by atoms with Crippen LogP contribution >= 0.6 is 0 Å². The van der Waals surface area contributed by atoms with E-state index < -0.39 is 0 Å². The maximum atomic E-state index is 9.67. The monoisotopic (exact) mass is 421 g/mol. The maximum Gasteiger partial charge on any atom is 0.117 e. The Kier molecular flexibility index (Phi) is 7.55. The fourth-order valence-electron chi connectivity index (χ4n) is 3.23.